The summed E-state index contributed by atoms with van der Waals surface area (Å²) in [5.74, 6) is 0. The first-order valence-electron chi connectivity index (χ1n) is 2.82. The van der Waals surface area contributed by atoms with Crippen molar-refractivity contribution >= 4 is 21.6 Å². The van der Waals surface area contributed by atoms with Crippen molar-refractivity contribution in [1.29, 1.82) is 0 Å². The Morgan fingerprint density at radius 1 is 1.40 bits per heavy atom. The Hall–Kier alpha value is -0.900. The van der Waals surface area contributed by atoms with Gasteiger partial charge in [-0.15, -0.1) is 0 Å². The summed E-state index contributed by atoms with van der Waals surface area (Å²) < 4.78 is 2.53. The average molecular weight is 198 g/mol. The van der Waals surface area contributed by atoms with Gasteiger partial charge in [-0.3, -0.25) is 0 Å². The predicted octanol–water partition coefficient (Wildman–Crippen LogP) is 1.49. The van der Waals surface area contributed by atoms with Crippen molar-refractivity contribution in [2.24, 2.45) is 0 Å². The quantitative estimate of drug-likeness (QED) is 0.641. The predicted molar refractivity (Wildman–Crippen MR) is 40.7 cm³/mol. The van der Waals surface area contributed by atoms with Crippen molar-refractivity contribution in [1.82, 2.24) is 14.6 Å². The molecule has 2 aromatic heterocycles. The lowest BCUT2D eigenvalue weighted by Crippen LogP contribution is -1.88. The van der Waals surface area contributed by atoms with E-state index in [2.05, 4.69) is 26.0 Å². The molecule has 0 aliphatic heterocycles. The normalized spacial score (nSPS) is 10.5. The van der Waals surface area contributed by atoms with Gasteiger partial charge in [0.1, 0.15) is 4.60 Å². The van der Waals surface area contributed by atoms with E-state index in [1.165, 1.54) is 0 Å². The number of rotatable bonds is 0. The standard InChI is InChI=1S/C6H4BrN3/c7-5-1-2-6-8-3-4-10(6)9-5/h1-4H. The average Bonchev–Trinajstić information content (AvgIpc) is 2.33. The van der Waals surface area contributed by atoms with Gasteiger partial charge in [-0.2, -0.15) is 5.10 Å². The van der Waals surface area contributed by atoms with E-state index in [4.69, 9.17) is 0 Å². The summed E-state index contributed by atoms with van der Waals surface area (Å²) in [6, 6.07) is 3.76. The molecule has 3 nitrogen and oxygen atoms in total. The maximum atomic E-state index is 4.11. The molecule has 10 heavy (non-hydrogen) atoms. The van der Waals surface area contributed by atoms with E-state index in [1.807, 2.05) is 12.1 Å². The Morgan fingerprint density at radius 2 is 2.30 bits per heavy atom. The van der Waals surface area contributed by atoms with Crippen LogP contribution in [0.3, 0.4) is 0 Å². The maximum absolute atomic E-state index is 4.11. The van der Waals surface area contributed by atoms with Gasteiger partial charge >= 0.3 is 0 Å². The van der Waals surface area contributed by atoms with Gasteiger partial charge in [-0.25, -0.2) is 9.50 Å². The minimum Gasteiger partial charge on any atom is -0.236 e. The molecular weight excluding hydrogens is 194 g/mol. The molecule has 4 heteroatoms. The van der Waals surface area contributed by atoms with Crippen LogP contribution in [0, 0.1) is 0 Å². The van der Waals surface area contributed by atoms with E-state index < -0.39 is 0 Å². The molecule has 0 unspecified atom stereocenters. The second-order valence-electron chi connectivity index (χ2n) is 1.89. The fraction of sp³-hybridized carbons (Fsp3) is 0. The van der Waals surface area contributed by atoms with Gasteiger partial charge in [0.15, 0.2) is 5.65 Å². The molecule has 0 aromatic carbocycles. The molecular formula is C6H4BrN3. The van der Waals surface area contributed by atoms with Crippen LogP contribution in [-0.2, 0) is 0 Å². The smallest absolute Gasteiger partial charge is 0.153 e. The second-order valence-corrected chi connectivity index (χ2v) is 2.70. The van der Waals surface area contributed by atoms with Crippen LogP contribution in [0.5, 0.6) is 0 Å². The lowest BCUT2D eigenvalue weighted by atomic mass is 10.6. The van der Waals surface area contributed by atoms with Gasteiger partial charge < -0.3 is 0 Å². The fourth-order valence-electron chi connectivity index (χ4n) is 0.792. The van der Waals surface area contributed by atoms with Gasteiger partial charge in [0.05, 0.1) is 0 Å². The third-order valence-electron chi connectivity index (χ3n) is 1.22. The highest BCUT2D eigenvalue weighted by molar-refractivity contribution is 9.10. The first kappa shape index (κ1) is 5.85. The van der Waals surface area contributed by atoms with E-state index in [0.29, 0.717) is 0 Å². The molecule has 0 atom stereocenters. The van der Waals surface area contributed by atoms with E-state index >= 15 is 0 Å². The molecule has 0 bridgehead atoms. The summed E-state index contributed by atoms with van der Waals surface area (Å²) >= 11 is 3.26. The number of hydrogen-bond donors (Lipinski definition) is 0. The molecule has 0 amide bonds. The zero-order valence-electron chi connectivity index (χ0n) is 5.03. The zero-order chi connectivity index (χ0) is 6.97. The number of aromatic nitrogens is 3. The largest absolute Gasteiger partial charge is 0.236 e. The first-order chi connectivity index (χ1) is 4.86. The highest BCUT2D eigenvalue weighted by Gasteiger charge is 1.92. The Kier molecular flexibility index (Phi) is 1.20. The van der Waals surface area contributed by atoms with Crippen molar-refractivity contribution in [2.45, 2.75) is 0 Å². The SMILES string of the molecule is Brc1ccc2nccn2n1. The monoisotopic (exact) mass is 197 g/mol. The molecule has 0 aliphatic rings. The Morgan fingerprint density at radius 3 is 3.20 bits per heavy atom. The van der Waals surface area contributed by atoms with Gasteiger partial charge in [0.2, 0.25) is 0 Å². The molecule has 50 valence electrons. The summed E-state index contributed by atoms with van der Waals surface area (Å²) in [6.07, 6.45) is 3.52. The van der Waals surface area contributed by atoms with Gasteiger partial charge in [0.25, 0.3) is 0 Å². The van der Waals surface area contributed by atoms with Gasteiger partial charge in [0, 0.05) is 12.4 Å². The van der Waals surface area contributed by atoms with Crippen molar-refractivity contribution in [3.05, 3.63) is 29.1 Å². The molecule has 0 fully saturated rings. The molecule has 2 heterocycles. The second kappa shape index (κ2) is 2.05. The van der Waals surface area contributed by atoms with E-state index in [-0.39, 0.29) is 0 Å². The summed E-state index contributed by atoms with van der Waals surface area (Å²) in [5.41, 5.74) is 0.864. The van der Waals surface area contributed by atoms with E-state index in [9.17, 15) is 0 Å². The highest BCUT2D eigenvalue weighted by atomic mass is 79.9. The molecule has 0 saturated heterocycles. The molecule has 0 spiro atoms. The summed E-state index contributed by atoms with van der Waals surface area (Å²) in [5, 5.41) is 4.11. The summed E-state index contributed by atoms with van der Waals surface area (Å²) in [7, 11) is 0. The third-order valence-corrected chi connectivity index (χ3v) is 1.65. The van der Waals surface area contributed by atoms with Gasteiger partial charge in [-0.05, 0) is 28.1 Å². The van der Waals surface area contributed by atoms with Crippen LogP contribution in [0.1, 0.15) is 0 Å². The van der Waals surface area contributed by atoms with Gasteiger partial charge in [-0.1, -0.05) is 0 Å². The van der Waals surface area contributed by atoms with Crippen molar-refractivity contribution < 1.29 is 0 Å². The van der Waals surface area contributed by atoms with Crippen molar-refractivity contribution in [3.8, 4) is 0 Å². The number of imidazole rings is 1. The molecule has 2 aromatic rings. The molecule has 0 N–H and O–H groups in total. The van der Waals surface area contributed by atoms with Crippen LogP contribution in [0.4, 0.5) is 0 Å². The maximum Gasteiger partial charge on any atom is 0.153 e. The Bertz CT molecular complexity index is 355. The number of hydrogen-bond acceptors (Lipinski definition) is 2. The lowest BCUT2D eigenvalue weighted by Gasteiger charge is -1.90. The van der Waals surface area contributed by atoms with Crippen LogP contribution >= 0.6 is 15.9 Å². The van der Waals surface area contributed by atoms with E-state index in [0.717, 1.165) is 10.3 Å². The number of nitrogens with zero attached hydrogens (tertiary/aromatic N) is 3. The number of halogens is 1. The molecule has 0 radical (unpaired) electrons. The Labute approximate surface area is 65.8 Å². The topological polar surface area (TPSA) is 30.2 Å². The summed E-state index contributed by atoms with van der Waals surface area (Å²) in [6.45, 7) is 0. The van der Waals surface area contributed by atoms with Crippen LogP contribution in [0.15, 0.2) is 29.1 Å². The minimum atomic E-state index is 0.818. The van der Waals surface area contributed by atoms with Crippen LogP contribution in [0.25, 0.3) is 5.65 Å². The van der Waals surface area contributed by atoms with Crippen LogP contribution < -0.4 is 0 Å². The first-order valence-corrected chi connectivity index (χ1v) is 3.61. The molecule has 0 aliphatic carbocycles. The zero-order valence-corrected chi connectivity index (χ0v) is 6.62. The third kappa shape index (κ3) is 0.806. The van der Waals surface area contributed by atoms with E-state index in [1.54, 1.807) is 16.9 Å². The minimum absolute atomic E-state index is 0.818. The molecule has 2 rings (SSSR count). The lowest BCUT2D eigenvalue weighted by molar-refractivity contribution is 0.916. The van der Waals surface area contributed by atoms with Crippen LogP contribution in [-0.4, -0.2) is 14.6 Å². The molecule has 0 saturated carbocycles. The van der Waals surface area contributed by atoms with Crippen LogP contribution in [0.2, 0.25) is 0 Å². The summed E-state index contributed by atoms with van der Waals surface area (Å²) in [4.78, 5) is 4.04. The van der Waals surface area contributed by atoms with Crippen molar-refractivity contribution in [2.75, 3.05) is 0 Å². The number of fused-ring (bicyclic) bond motifs is 1. The fourth-order valence-corrected chi connectivity index (χ4v) is 1.09. The highest BCUT2D eigenvalue weighted by Crippen LogP contribution is 2.05. The van der Waals surface area contributed by atoms with Crippen molar-refractivity contribution in [3.63, 3.8) is 0 Å². The Balaban J connectivity index is 2.86.